The molecule has 0 aromatic heterocycles. The fraction of sp³-hybridized carbons (Fsp3) is 0.500. The van der Waals surface area contributed by atoms with Gasteiger partial charge in [0.25, 0.3) is 0 Å². The summed E-state index contributed by atoms with van der Waals surface area (Å²) in [5.74, 6) is -0.137. The Morgan fingerprint density at radius 1 is 1.23 bits per heavy atom. The minimum absolute atomic E-state index is 0.137. The van der Waals surface area contributed by atoms with Gasteiger partial charge in [-0.05, 0) is 51.8 Å². The van der Waals surface area contributed by atoms with Crippen molar-refractivity contribution in [2.24, 2.45) is 0 Å². The Morgan fingerprint density at radius 2 is 1.91 bits per heavy atom. The van der Waals surface area contributed by atoms with Gasteiger partial charge in [-0.3, -0.25) is 9.69 Å². The van der Waals surface area contributed by atoms with E-state index in [9.17, 15) is 9.59 Å². The van der Waals surface area contributed by atoms with Gasteiger partial charge in [0.2, 0.25) is 0 Å². The van der Waals surface area contributed by atoms with E-state index in [1.165, 1.54) is 11.0 Å². The Kier molecular flexibility index (Phi) is 5.03. The van der Waals surface area contributed by atoms with E-state index in [2.05, 4.69) is 0 Å². The zero-order chi connectivity index (χ0) is 16.5. The molecule has 1 aliphatic rings. The maximum atomic E-state index is 12.6. The van der Waals surface area contributed by atoms with Gasteiger partial charge in [-0.15, -0.1) is 0 Å². The van der Waals surface area contributed by atoms with Gasteiger partial charge in [0.15, 0.2) is 5.78 Å². The van der Waals surface area contributed by atoms with Gasteiger partial charge in [-0.2, -0.15) is 0 Å². The van der Waals surface area contributed by atoms with Gasteiger partial charge < -0.3 is 4.74 Å². The lowest BCUT2D eigenvalue weighted by molar-refractivity contribution is 0.0222. The molecule has 0 spiro atoms. The monoisotopic (exact) mass is 343 g/mol. The SMILES string of the molecule is CC(C)(C)OC(=O)N1CCC[C@@H]1C(=O)c1ccc(Cl)c(Cl)c1. The van der Waals surface area contributed by atoms with Crippen LogP contribution in [0.1, 0.15) is 44.0 Å². The van der Waals surface area contributed by atoms with Crippen LogP contribution in [0.3, 0.4) is 0 Å². The molecule has 0 radical (unpaired) electrons. The van der Waals surface area contributed by atoms with Crippen LogP contribution in [0.15, 0.2) is 18.2 Å². The second-order valence-corrected chi connectivity index (χ2v) is 7.14. The highest BCUT2D eigenvalue weighted by molar-refractivity contribution is 6.42. The lowest BCUT2D eigenvalue weighted by atomic mass is 10.0. The third-order valence-corrected chi connectivity index (χ3v) is 4.13. The molecule has 0 saturated carbocycles. The number of rotatable bonds is 2. The summed E-state index contributed by atoms with van der Waals surface area (Å²) < 4.78 is 5.37. The van der Waals surface area contributed by atoms with E-state index < -0.39 is 17.7 Å². The molecule has 1 aromatic rings. The van der Waals surface area contributed by atoms with E-state index in [1.54, 1.807) is 32.9 Å². The van der Waals surface area contributed by atoms with Crippen LogP contribution in [-0.2, 0) is 4.74 Å². The van der Waals surface area contributed by atoms with Gasteiger partial charge in [0.05, 0.1) is 16.1 Å². The van der Waals surface area contributed by atoms with Crippen molar-refractivity contribution in [3.63, 3.8) is 0 Å². The highest BCUT2D eigenvalue weighted by Gasteiger charge is 2.36. The molecule has 1 aromatic carbocycles. The van der Waals surface area contributed by atoms with E-state index in [4.69, 9.17) is 27.9 Å². The normalized spacial score (nSPS) is 18.4. The molecule has 6 heteroatoms. The second kappa shape index (κ2) is 6.47. The summed E-state index contributed by atoms with van der Waals surface area (Å²) in [5.41, 5.74) is -0.133. The van der Waals surface area contributed by atoms with Crippen molar-refractivity contribution in [3.05, 3.63) is 33.8 Å². The number of carbonyl (C=O) groups is 2. The maximum absolute atomic E-state index is 12.6. The highest BCUT2D eigenvalue weighted by Crippen LogP contribution is 2.27. The Labute approximate surface area is 140 Å². The van der Waals surface area contributed by atoms with Crippen LogP contribution < -0.4 is 0 Å². The van der Waals surface area contributed by atoms with Gasteiger partial charge in [0.1, 0.15) is 5.60 Å². The molecule has 0 N–H and O–H groups in total. The number of amides is 1. The first kappa shape index (κ1) is 17.1. The number of hydrogen-bond acceptors (Lipinski definition) is 3. The Balaban J connectivity index is 2.17. The van der Waals surface area contributed by atoms with Crippen molar-refractivity contribution in [2.75, 3.05) is 6.54 Å². The molecule has 120 valence electrons. The summed E-state index contributed by atoms with van der Waals surface area (Å²) in [5, 5.41) is 0.725. The molecule has 1 heterocycles. The van der Waals surface area contributed by atoms with Crippen LogP contribution in [0.2, 0.25) is 10.0 Å². The highest BCUT2D eigenvalue weighted by atomic mass is 35.5. The van der Waals surface area contributed by atoms with E-state index in [-0.39, 0.29) is 5.78 Å². The van der Waals surface area contributed by atoms with Gasteiger partial charge in [0, 0.05) is 12.1 Å². The van der Waals surface area contributed by atoms with Crippen LogP contribution in [0, 0.1) is 0 Å². The summed E-state index contributed by atoms with van der Waals surface area (Å²) in [6, 6.07) is 4.25. The van der Waals surface area contributed by atoms with Crippen molar-refractivity contribution < 1.29 is 14.3 Å². The number of halogens is 2. The third-order valence-electron chi connectivity index (χ3n) is 3.39. The summed E-state index contributed by atoms with van der Waals surface area (Å²) >= 11 is 11.8. The minimum atomic E-state index is -0.586. The fourth-order valence-corrected chi connectivity index (χ4v) is 2.72. The van der Waals surface area contributed by atoms with Crippen LogP contribution in [0.25, 0.3) is 0 Å². The minimum Gasteiger partial charge on any atom is -0.444 e. The van der Waals surface area contributed by atoms with Crippen molar-refractivity contribution in [2.45, 2.75) is 45.3 Å². The third kappa shape index (κ3) is 3.93. The lowest BCUT2D eigenvalue weighted by Gasteiger charge is -2.28. The summed E-state index contributed by atoms with van der Waals surface area (Å²) in [7, 11) is 0. The summed E-state index contributed by atoms with van der Waals surface area (Å²) in [6.45, 7) is 5.93. The van der Waals surface area contributed by atoms with E-state index in [0.29, 0.717) is 28.6 Å². The number of likely N-dealkylation sites (tertiary alicyclic amines) is 1. The fourth-order valence-electron chi connectivity index (χ4n) is 2.42. The molecule has 0 unspecified atom stereocenters. The van der Waals surface area contributed by atoms with E-state index in [1.807, 2.05) is 0 Å². The first-order valence-corrected chi connectivity index (χ1v) is 7.93. The lowest BCUT2D eigenvalue weighted by Crippen LogP contribution is -2.43. The van der Waals surface area contributed by atoms with E-state index in [0.717, 1.165) is 6.42 Å². The van der Waals surface area contributed by atoms with Gasteiger partial charge in [-0.1, -0.05) is 23.2 Å². The number of nitrogens with zero attached hydrogens (tertiary/aromatic N) is 1. The number of hydrogen-bond donors (Lipinski definition) is 0. The van der Waals surface area contributed by atoms with Crippen LogP contribution >= 0.6 is 23.2 Å². The Bertz CT molecular complexity index is 596. The van der Waals surface area contributed by atoms with Crippen molar-refractivity contribution >= 4 is 35.1 Å². The molecular weight excluding hydrogens is 325 g/mol. The smallest absolute Gasteiger partial charge is 0.410 e. The average molecular weight is 344 g/mol. The quantitative estimate of drug-likeness (QED) is 0.738. The topological polar surface area (TPSA) is 46.6 Å². The molecule has 0 bridgehead atoms. The second-order valence-electron chi connectivity index (χ2n) is 6.32. The molecule has 4 nitrogen and oxygen atoms in total. The molecule has 1 amide bonds. The van der Waals surface area contributed by atoms with Crippen LogP contribution in [-0.4, -0.2) is 35.0 Å². The van der Waals surface area contributed by atoms with Crippen molar-refractivity contribution in [1.29, 1.82) is 0 Å². The summed E-state index contributed by atoms with van der Waals surface area (Å²) in [6.07, 6.45) is 0.943. The molecule has 0 aliphatic carbocycles. The van der Waals surface area contributed by atoms with E-state index >= 15 is 0 Å². The number of Topliss-reactive ketones (excluding diaryl/α,β-unsaturated/α-hetero) is 1. The van der Waals surface area contributed by atoms with Gasteiger partial charge >= 0.3 is 6.09 Å². The molecule has 2 rings (SSSR count). The van der Waals surface area contributed by atoms with Crippen LogP contribution in [0.5, 0.6) is 0 Å². The summed E-state index contributed by atoms with van der Waals surface area (Å²) in [4.78, 5) is 26.4. The first-order chi connectivity index (χ1) is 10.2. The molecular formula is C16H19Cl2NO3. The number of ketones is 1. The van der Waals surface area contributed by atoms with Crippen molar-refractivity contribution in [3.8, 4) is 0 Å². The molecule has 1 saturated heterocycles. The molecule has 1 fully saturated rings. The van der Waals surface area contributed by atoms with Crippen molar-refractivity contribution in [1.82, 2.24) is 4.90 Å². The zero-order valence-corrected chi connectivity index (χ0v) is 14.4. The molecule has 1 aliphatic heterocycles. The predicted molar refractivity (Wildman–Crippen MR) is 86.8 cm³/mol. The Morgan fingerprint density at radius 3 is 2.50 bits per heavy atom. The molecule has 22 heavy (non-hydrogen) atoms. The number of carbonyl (C=O) groups excluding carboxylic acids is 2. The largest absolute Gasteiger partial charge is 0.444 e. The standard InChI is InChI=1S/C16H19Cl2NO3/c1-16(2,3)22-15(21)19-8-4-5-13(19)14(20)10-6-7-11(17)12(18)9-10/h6-7,9,13H,4-5,8H2,1-3H3/t13-/m1/s1. The first-order valence-electron chi connectivity index (χ1n) is 7.18. The molecule has 1 atom stereocenters. The van der Waals surface area contributed by atoms with Crippen LogP contribution in [0.4, 0.5) is 4.79 Å². The van der Waals surface area contributed by atoms with Gasteiger partial charge in [-0.25, -0.2) is 4.79 Å². The maximum Gasteiger partial charge on any atom is 0.410 e. The average Bonchev–Trinajstić information content (AvgIpc) is 2.88. The number of ether oxygens (including phenoxy) is 1. The zero-order valence-electron chi connectivity index (χ0n) is 12.9. The number of benzene rings is 1. The Hall–Kier alpha value is -1.26. The predicted octanol–water partition coefficient (Wildman–Crippen LogP) is 4.58.